The summed E-state index contributed by atoms with van der Waals surface area (Å²) < 4.78 is 23.1. The van der Waals surface area contributed by atoms with E-state index in [0.717, 1.165) is 73.2 Å². The molecule has 0 bridgehead atoms. The molecule has 1 aliphatic carbocycles. The van der Waals surface area contributed by atoms with Crippen LogP contribution < -0.4 is 5.32 Å². The third-order valence-electron chi connectivity index (χ3n) is 8.40. The van der Waals surface area contributed by atoms with E-state index in [0.29, 0.717) is 18.8 Å². The van der Waals surface area contributed by atoms with E-state index >= 15 is 0 Å². The Kier molecular flexibility index (Phi) is 8.24. The van der Waals surface area contributed by atoms with Gasteiger partial charge in [-0.2, -0.15) is 0 Å². The number of halogens is 2. The molecule has 10 heteroatoms. The number of thiophene rings is 1. The number of carbonyl (C=O) groups is 2. The lowest BCUT2D eigenvalue weighted by Gasteiger charge is -2.46. The van der Waals surface area contributed by atoms with E-state index in [2.05, 4.69) is 32.8 Å². The summed E-state index contributed by atoms with van der Waals surface area (Å²) in [4.78, 5) is 32.0. The van der Waals surface area contributed by atoms with Crippen LogP contribution in [0.1, 0.15) is 43.1 Å². The highest BCUT2D eigenvalue weighted by molar-refractivity contribution is 14.1. The number of nitrogens with one attached hydrogen (secondary N) is 1. The highest BCUT2D eigenvalue weighted by atomic mass is 127. The van der Waals surface area contributed by atoms with E-state index < -0.39 is 5.54 Å². The van der Waals surface area contributed by atoms with Crippen molar-refractivity contribution in [2.24, 2.45) is 11.8 Å². The van der Waals surface area contributed by atoms with Crippen molar-refractivity contribution in [2.75, 3.05) is 50.5 Å². The fraction of sp³-hybridized carbons (Fsp3) is 0.692. The van der Waals surface area contributed by atoms with E-state index in [1.54, 1.807) is 16.2 Å². The molecular weight excluding hydrogens is 594 g/mol. The molecular formula is C26H36FIN4O3S. The maximum atomic E-state index is 14.0. The van der Waals surface area contributed by atoms with Crippen molar-refractivity contribution in [1.29, 1.82) is 0 Å². The summed E-state index contributed by atoms with van der Waals surface area (Å²) in [7, 11) is 0. The summed E-state index contributed by atoms with van der Waals surface area (Å²) in [6.07, 6.45) is 3.46. The molecule has 1 N–H and O–H groups in total. The lowest BCUT2D eigenvalue weighted by atomic mass is 9.77. The van der Waals surface area contributed by atoms with Gasteiger partial charge >= 0.3 is 0 Å². The average molecular weight is 631 g/mol. The number of hydrogen-bond acceptors (Lipinski definition) is 5. The van der Waals surface area contributed by atoms with Crippen molar-refractivity contribution < 1.29 is 18.7 Å². The SMILES string of the molecule is CC1(C(=O)NC2CCCC(CF)C2CI)Cn2c(cc3sccc32)C(=O)N1CCCN1CCOCC1. The Labute approximate surface area is 229 Å². The molecule has 2 aromatic rings. The van der Waals surface area contributed by atoms with Crippen LogP contribution in [0.4, 0.5) is 4.39 Å². The monoisotopic (exact) mass is 630 g/mol. The zero-order valence-corrected chi connectivity index (χ0v) is 23.9. The number of fused-ring (bicyclic) bond motifs is 3. The molecule has 2 fully saturated rings. The molecule has 2 aromatic heterocycles. The van der Waals surface area contributed by atoms with Gasteiger partial charge in [-0.3, -0.25) is 18.9 Å². The molecule has 4 atom stereocenters. The van der Waals surface area contributed by atoms with Crippen molar-refractivity contribution >= 4 is 56.0 Å². The summed E-state index contributed by atoms with van der Waals surface area (Å²) in [5, 5.41) is 5.33. The number of aromatic nitrogens is 1. The molecule has 198 valence electrons. The third kappa shape index (κ3) is 4.94. The number of alkyl halides is 2. The first kappa shape index (κ1) is 26.4. The van der Waals surface area contributed by atoms with E-state index in [4.69, 9.17) is 4.74 Å². The van der Waals surface area contributed by atoms with Crippen LogP contribution in [0.3, 0.4) is 0 Å². The molecule has 1 saturated carbocycles. The topological polar surface area (TPSA) is 66.8 Å². The van der Waals surface area contributed by atoms with Gasteiger partial charge in [-0.1, -0.05) is 29.0 Å². The summed E-state index contributed by atoms with van der Waals surface area (Å²) in [5.74, 6) is -0.0890. The number of rotatable bonds is 8. The van der Waals surface area contributed by atoms with E-state index in [9.17, 15) is 14.0 Å². The van der Waals surface area contributed by atoms with Gasteiger partial charge in [0.05, 0.1) is 36.6 Å². The van der Waals surface area contributed by atoms with Crippen LogP contribution >= 0.6 is 33.9 Å². The number of morpholine rings is 1. The van der Waals surface area contributed by atoms with Gasteiger partial charge < -0.3 is 19.5 Å². The summed E-state index contributed by atoms with van der Waals surface area (Å²) in [6.45, 7) is 6.67. The Bertz CT molecular complexity index is 1090. The molecule has 7 nitrogen and oxygen atoms in total. The second kappa shape index (κ2) is 11.2. The van der Waals surface area contributed by atoms with Gasteiger partial charge in [-0.05, 0) is 55.5 Å². The maximum absolute atomic E-state index is 14.0. The number of ether oxygens (including phenoxy) is 1. The Morgan fingerprint density at radius 3 is 2.86 bits per heavy atom. The Balaban J connectivity index is 1.39. The van der Waals surface area contributed by atoms with Crippen LogP contribution in [0.15, 0.2) is 17.5 Å². The number of nitrogens with zero attached hydrogens (tertiary/aromatic N) is 3. The molecule has 2 aliphatic heterocycles. The molecule has 4 unspecified atom stereocenters. The summed E-state index contributed by atoms with van der Waals surface area (Å²) in [6, 6.07) is 3.94. The molecule has 0 spiro atoms. The first-order chi connectivity index (χ1) is 17.5. The van der Waals surface area contributed by atoms with E-state index in [1.807, 2.05) is 29.0 Å². The van der Waals surface area contributed by atoms with Gasteiger partial charge in [0.15, 0.2) is 0 Å². The van der Waals surface area contributed by atoms with Crippen LogP contribution in [-0.2, 0) is 16.1 Å². The molecule has 3 aliphatic rings. The fourth-order valence-corrected chi connectivity index (χ4v) is 8.34. The molecule has 4 heterocycles. The van der Waals surface area contributed by atoms with Crippen molar-refractivity contribution in [3.8, 4) is 0 Å². The second-order valence-corrected chi connectivity index (χ2v) is 12.4. The van der Waals surface area contributed by atoms with Crippen LogP contribution in [0, 0.1) is 11.8 Å². The van der Waals surface area contributed by atoms with Gasteiger partial charge in [0.25, 0.3) is 5.91 Å². The minimum absolute atomic E-state index is 0.00662. The largest absolute Gasteiger partial charge is 0.379 e. The average Bonchev–Trinajstić information content (AvgIpc) is 3.49. The third-order valence-corrected chi connectivity index (χ3v) is 10.3. The van der Waals surface area contributed by atoms with Crippen LogP contribution in [0.5, 0.6) is 0 Å². The lowest BCUT2D eigenvalue weighted by molar-refractivity contribution is -0.134. The van der Waals surface area contributed by atoms with Crippen molar-refractivity contribution in [1.82, 2.24) is 19.7 Å². The molecule has 2 amide bonds. The molecule has 5 rings (SSSR count). The lowest BCUT2D eigenvalue weighted by Crippen LogP contribution is -2.66. The van der Waals surface area contributed by atoms with Crippen LogP contribution in [-0.4, -0.2) is 88.3 Å². The predicted molar refractivity (Wildman–Crippen MR) is 149 cm³/mol. The summed E-state index contributed by atoms with van der Waals surface area (Å²) in [5.41, 5.74) is 0.658. The fourth-order valence-electron chi connectivity index (χ4n) is 6.18. The standard InChI is InChI=1S/C26H36FIN4O3S/c1-26(25(34)29-20-5-2-4-18(15-27)19(20)16-28)17-31-21-6-13-36-23(21)14-22(31)24(33)32(26)8-3-7-30-9-11-35-12-10-30/h6,13-14,18-20H,2-5,7-12,15-17H2,1H3,(H,29,34). The Morgan fingerprint density at radius 2 is 2.11 bits per heavy atom. The first-order valence-corrected chi connectivity index (χ1v) is 15.5. The minimum Gasteiger partial charge on any atom is -0.379 e. The number of amides is 2. The highest BCUT2D eigenvalue weighted by Gasteiger charge is 2.48. The zero-order chi connectivity index (χ0) is 25.3. The van der Waals surface area contributed by atoms with Gasteiger partial charge in [0.1, 0.15) is 11.2 Å². The number of hydrogen-bond donors (Lipinski definition) is 1. The predicted octanol–water partition coefficient (Wildman–Crippen LogP) is 3.95. The minimum atomic E-state index is -1.01. The molecule has 36 heavy (non-hydrogen) atoms. The van der Waals surface area contributed by atoms with E-state index in [1.165, 1.54) is 0 Å². The van der Waals surface area contributed by atoms with Crippen molar-refractivity contribution in [3.63, 3.8) is 0 Å². The number of carbonyl (C=O) groups excluding carboxylic acids is 2. The Hall–Kier alpha value is -1.24. The van der Waals surface area contributed by atoms with Gasteiger partial charge in [-0.15, -0.1) is 11.3 Å². The Morgan fingerprint density at radius 1 is 1.31 bits per heavy atom. The van der Waals surface area contributed by atoms with Gasteiger partial charge in [0, 0.05) is 36.6 Å². The molecule has 1 saturated heterocycles. The van der Waals surface area contributed by atoms with Crippen molar-refractivity contribution in [3.05, 3.63) is 23.2 Å². The van der Waals surface area contributed by atoms with E-state index in [-0.39, 0.29) is 36.4 Å². The maximum Gasteiger partial charge on any atom is 0.271 e. The summed E-state index contributed by atoms with van der Waals surface area (Å²) >= 11 is 3.94. The van der Waals surface area contributed by atoms with Crippen molar-refractivity contribution in [2.45, 2.75) is 50.7 Å². The quantitative estimate of drug-likeness (QED) is 0.355. The van der Waals surface area contributed by atoms with Crippen LogP contribution in [0.2, 0.25) is 0 Å². The molecule has 0 aromatic carbocycles. The van der Waals surface area contributed by atoms with Gasteiger partial charge in [-0.25, -0.2) is 0 Å². The van der Waals surface area contributed by atoms with Gasteiger partial charge in [0.2, 0.25) is 5.91 Å². The van der Waals surface area contributed by atoms with Crippen LogP contribution in [0.25, 0.3) is 10.2 Å². The normalized spacial score (nSPS) is 29.5. The second-order valence-electron chi connectivity index (χ2n) is 10.6. The highest BCUT2D eigenvalue weighted by Crippen LogP contribution is 2.36. The zero-order valence-electron chi connectivity index (χ0n) is 20.9. The smallest absolute Gasteiger partial charge is 0.271 e. The molecule has 0 radical (unpaired) electrons. The first-order valence-electron chi connectivity index (χ1n) is 13.1.